The number of benzene rings is 2. The number of hydrogen-bond donors (Lipinski definition) is 0. The van der Waals surface area contributed by atoms with E-state index in [1.807, 2.05) is 30.3 Å². The molecule has 0 amide bonds. The summed E-state index contributed by atoms with van der Waals surface area (Å²) in [6.45, 7) is 4.16. The highest BCUT2D eigenvalue weighted by Gasteiger charge is 2.12. The quantitative estimate of drug-likeness (QED) is 0.376. The number of rotatable bonds is 6. The average Bonchev–Trinajstić information content (AvgIpc) is 3.38. The molecule has 0 bridgehead atoms. The number of thioether (sulfide) groups is 1. The van der Waals surface area contributed by atoms with Crippen LogP contribution in [0.15, 0.2) is 57.5 Å². The fourth-order valence-electron chi connectivity index (χ4n) is 2.63. The van der Waals surface area contributed by atoms with Gasteiger partial charge in [-0.05, 0) is 61.4 Å². The molecule has 0 aliphatic heterocycles. The largest absolute Gasteiger partial charge is 0.497 e. The first kappa shape index (κ1) is 18.7. The highest BCUT2D eigenvalue weighted by atomic mass is 32.2. The maximum Gasteiger partial charge on any atom is 0.277 e. The number of thiazole rings is 1. The van der Waals surface area contributed by atoms with E-state index in [4.69, 9.17) is 14.1 Å². The van der Waals surface area contributed by atoms with Crippen molar-refractivity contribution in [1.29, 1.82) is 0 Å². The van der Waals surface area contributed by atoms with Gasteiger partial charge in [-0.2, -0.15) is 0 Å². The van der Waals surface area contributed by atoms with Gasteiger partial charge in [-0.3, -0.25) is 0 Å². The van der Waals surface area contributed by atoms with Gasteiger partial charge in [-0.25, -0.2) is 4.98 Å². The summed E-state index contributed by atoms with van der Waals surface area (Å²) in [5.74, 6) is 2.07. The summed E-state index contributed by atoms with van der Waals surface area (Å²) < 4.78 is 11.0. The SMILES string of the molecule is COc1ccc(-c2nc(CSc3nnc(-c4ccc(C)c(C)c4)o3)cs2)cc1. The first-order valence-electron chi connectivity index (χ1n) is 8.75. The summed E-state index contributed by atoms with van der Waals surface area (Å²) >= 11 is 3.12. The van der Waals surface area contributed by atoms with Gasteiger partial charge >= 0.3 is 0 Å². The fourth-order valence-corrected chi connectivity index (χ4v) is 4.22. The lowest BCUT2D eigenvalue weighted by atomic mass is 10.1. The van der Waals surface area contributed by atoms with Crippen LogP contribution in [0, 0.1) is 13.8 Å². The Labute approximate surface area is 171 Å². The lowest BCUT2D eigenvalue weighted by Gasteiger charge is -2.00. The summed E-state index contributed by atoms with van der Waals surface area (Å²) in [6.07, 6.45) is 0. The van der Waals surface area contributed by atoms with Crippen molar-refractivity contribution in [2.24, 2.45) is 0 Å². The number of nitrogens with zero attached hydrogens (tertiary/aromatic N) is 3. The Bertz CT molecular complexity index is 1090. The number of aryl methyl sites for hydroxylation is 2. The van der Waals surface area contributed by atoms with Crippen molar-refractivity contribution >= 4 is 23.1 Å². The minimum Gasteiger partial charge on any atom is -0.497 e. The second-order valence-corrected chi connectivity index (χ2v) is 8.12. The van der Waals surface area contributed by atoms with Gasteiger partial charge in [0.1, 0.15) is 10.8 Å². The molecule has 142 valence electrons. The first-order valence-corrected chi connectivity index (χ1v) is 10.6. The van der Waals surface area contributed by atoms with Crippen LogP contribution < -0.4 is 4.74 Å². The molecular weight excluding hydrogens is 390 g/mol. The topological polar surface area (TPSA) is 61.0 Å². The molecule has 5 nitrogen and oxygen atoms in total. The van der Waals surface area contributed by atoms with Gasteiger partial charge < -0.3 is 9.15 Å². The van der Waals surface area contributed by atoms with E-state index < -0.39 is 0 Å². The van der Waals surface area contributed by atoms with E-state index in [-0.39, 0.29) is 0 Å². The van der Waals surface area contributed by atoms with Crippen molar-refractivity contribution in [3.05, 3.63) is 64.7 Å². The van der Waals surface area contributed by atoms with Gasteiger partial charge in [0.05, 0.1) is 12.8 Å². The second-order valence-electron chi connectivity index (χ2n) is 6.33. The van der Waals surface area contributed by atoms with Gasteiger partial charge in [0.25, 0.3) is 5.22 Å². The zero-order valence-corrected chi connectivity index (χ0v) is 17.4. The summed E-state index contributed by atoms with van der Waals surface area (Å²) in [4.78, 5) is 4.70. The van der Waals surface area contributed by atoms with Crippen molar-refractivity contribution in [3.63, 3.8) is 0 Å². The maximum atomic E-state index is 5.81. The van der Waals surface area contributed by atoms with E-state index in [1.54, 1.807) is 18.4 Å². The van der Waals surface area contributed by atoms with Crippen LogP contribution in [0.25, 0.3) is 22.0 Å². The molecule has 0 fully saturated rings. The van der Waals surface area contributed by atoms with Crippen LogP contribution in [0.4, 0.5) is 0 Å². The van der Waals surface area contributed by atoms with Crippen molar-refractivity contribution in [1.82, 2.24) is 15.2 Å². The first-order chi connectivity index (χ1) is 13.6. The molecule has 7 heteroatoms. The van der Waals surface area contributed by atoms with Gasteiger partial charge in [-0.1, -0.05) is 17.8 Å². The molecule has 0 unspecified atom stereocenters. The number of hydrogen-bond acceptors (Lipinski definition) is 7. The zero-order chi connectivity index (χ0) is 19.5. The molecule has 2 aromatic carbocycles. The fraction of sp³-hybridized carbons (Fsp3) is 0.190. The lowest BCUT2D eigenvalue weighted by molar-refractivity contribution is 0.415. The third-order valence-corrected chi connectivity index (χ3v) is 6.18. The zero-order valence-electron chi connectivity index (χ0n) is 15.8. The van der Waals surface area contributed by atoms with Gasteiger partial charge in [-0.15, -0.1) is 21.5 Å². The summed E-state index contributed by atoms with van der Waals surface area (Å²) in [5, 5.41) is 11.9. The molecule has 2 aromatic heterocycles. The Morgan fingerprint density at radius 2 is 1.79 bits per heavy atom. The molecule has 0 N–H and O–H groups in total. The normalized spacial score (nSPS) is 11.0. The van der Waals surface area contributed by atoms with Crippen LogP contribution in [0.2, 0.25) is 0 Å². The molecule has 28 heavy (non-hydrogen) atoms. The molecule has 0 aliphatic rings. The number of methoxy groups -OCH3 is 1. The Balaban J connectivity index is 1.42. The standard InChI is InChI=1S/C21H19N3O2S2/c1-13-4-5-16(10-14(13)2)19-23-24-21(26-19)28-12-17-11-27-20(22-17)15-6-8-18(25-3)9-7-15/h4-11H,12H2,1-3H3. The second kappa shape index (κ2) is 8.16. The summed E-state index contributed by atoms with van der Waals surface area (Å²) in [6, 6.07) is 14.1. The Hall–Kier alpha value is -2.64. The molecule has 4 aromatic rings. The summed E-state index contributed by atoms with van der Waals surface area (Å²) in [5.41, 5.74) is 5.47. The van der Waals surface area contributed by atoms with Crippen LogP contribution in [-0.2, 0) is 5.75 Å². The van der Waals surface area contributed by atoms with Crippen molar-refractivity contribution in [2.45, 2.75) is 24.8 Å². The van der Waals surface area contributed by atoms with E-state index in [2.05, 4.69) is 41.6 Å². The van der Waals surface area contributed by atoms with Crippen LogP contribution in [0.1, 0.15) is 16.8 Å². The summed E-state index contributed by atoms with van der Waals surface area (Å²) in [7, 11) is 1.66. The predicted octanol–water partition coefficient (Wildman–Crippen LogP) is 5.78. The lowest BCUT2D eigenvalue weighted by Crippen LogP contribution is -1.84. The van der Waals surface area contributed by atoms with Crippen LogP contribution in [0.3, 0.4) is 0 Å². The maximum absolute atomic E-state index is 5.81. The van der Waals surface area contributed by atoms with Crippen molar-refractivity contribution < 1.29 is 9.15 Å². The van der Waals surface area contributed by atoms with Crippen molar-refractivity contribution in [2.75, 3.05) is 7.11 Å². The number of aromatic nitrogens is 3. The van der Waals surface area contributed by atoms with Gasteiger partial charge in [0.2, 0.25) is 5.89 Å². The number of ether oxygens (including phenoxy) is 1. The predicted molar refractivity (Wildman–Crippen MR) is 113 cm³/mol. The van der Waals surface area contributed by atoms with E-state index in [9.17, 15) is 0 Å². The molecule has 0 saturated carbocycles. The molecular formula is C21H19N3O2S2. The average molecular weight is 410 g/mol. The Morgan fingerprint density at radius 1 is 1.00 bits per heavy atom. The molecule has 0 atom stereocenters. The van der Waals surface area contributed by atoms with Crippen molar-refractivity contribution in [3.8, 4) is 27.8 Å². The van der Waals surface area contributed by atoms with E-state index in [0.717, 1.165) is 27.6 Å². The van der Waals surface area contributed by atoms with E-state index >= 15 is 0 Å². The molecule has 0 saturated heterocycles. The third kappa shape index (κ3) is 4.10. The molecule has 4 rings (SSSR count). The highest BCUT2D eigenvalue weighted by molar-refractivity contribution is 7.98. The Kier molecular flexibility index (Phi) is 5.45. The van der Waals surface area contributed by atoms with Crippen LogP contribution in [0.5, 0.6) is 5.75 Å². The highest BCUT2D eigenvalue weighted by Crippen LogP contribution is 2.30. The monoisotopic (exact) mass is 409 g/mol. The minimum atomic E-state index is 0.544. The molecule has 2 heterocycles. The Morgan fingerprint density at radius 3 is 2.54 bits per heavy atom. The van der Waals surface area contributed by atoms with Gasteiger partial charge in [0.15, 0.2) is 0 Å². The van der Waals surface area contributed by atoms with Crippen LogP contribution in [-0.4, -0.2) is 22.3 Å². The molecule has 0 spiro atoms. The third-order valence-electron chi connectivity index (χ3n) is 4.39. The smallest absolute Gasteiger partial charge is 0.277 e. The molecule has 0 radical (unpaired) electrons. The molecule has 0 aliphatic carbocycles. The minimum absolute atomic E-state index is 0.544. The van der Waals surface area contributed by atoms with Crippen LogP contribution >= 0.6 is 23.1 Å². The van der Waals surface area contributed by atoms with E-state index in [1.165, 1.54) is 22.9 Å². The van der Waals surface area contributed by atoms with E-state index in [0.29, 0.717) is 16.9 Å². The van der Waals surface area contributed by atoms with Gasteiger partial charge in [0, 0.05) is 22.3 Å².